The second kappa shape index (κ2) is 14.3. The zero-order valence-electron chi connectivity index (χ0n) is 24.2. The topological polar surface area (TPSA) is 128 Å². The molecule has 9 nitrogen and oxygen atoms in total. The molecule has 1 saturated heterocycles. The van der Waals surface area contributed by atoms with Crippen LogP contribution in [-0.4, -0.2) is 49.1 Å². The zero-order valence-corrected chi connectivity index (χ0v) is 24.2. The Morgan fingerprint density at radius 2 is 1.51 bits per heavy atom. The summed E-state index contributed by atoms with van der Waals surface area (Å²) in [6, 6.07) is 27.0. The number of carbonyl (C=O) groups is 2. The maximum Gasteiger partial charge on any atom is 0.338 e. The van der Waals surface area contributed by atoms with Crippen molar-refractivity contribution in [3.05, 3.63) is 119 Å². The van der Waals surface area contributed by atoms with Crippen molar-refractivity contribution < 1.29 is 33.3 Å². The molecule has 1 unspecified atom stereocenters. The SMILES string of the molecule is Cc1ccc(C(=O)OCC2O[C@@H](/C(C#N)=C/OCC#N)[C@](C)(OCc3ccccc3)[C@@H]2OC(=O)c2ccc(C)cc2)cc1. The molecule has 0 amide bonds. The van der Waals surface area contributed by atoms with Crippen LogP contribution in [0.2, 0.25) is 0 Å². The van der Waals surface area contributed by atoms with Crippen molar-refractivity contribution in [1.29, 1.82) is 10.5 Å². The Hall–Kier alpha value is -4.96. The molecule has 3 aromatic rings. The predicted octanol–water partition coefficient (Wildman–Crippen LogP) is 5.38. The van der Waals surface area contributed by atoms with E-state index in [0.29, 0.717) is 11.1 Å². The van der Waals surface area contributed by atoms with Gasteiger partial charge in [-0.1, -0.05) is 65.7 Å². The van der Waals surface area contributed by atoms with Crippen molar-refractivity contribution in [2.45, 2.75) is 51.3 Å². The lowest BCUT2D eigenvalue weighted by molar-refractivity contribution is -0.120. The molecular formula is C34H32N2O7. The number of benzene rings is 3. The predicted molar refractivity (Wildman–Crippen MR) is 155 cm³/mol. The van der Waals surface area contributed by atoms with Gasteiger partial charge in [0.1, 0.15) is 42.8 Å². The molecule has 0 radical (unpaired) electrons. The van der Waals surface area contributed by atoms with Crippen LogP contribution in [0.3, 0.4) is 0 Å². The van der Waals surface area contributed by atoms with E-state index in [4.69, 9.17) is 28.9 Å². The van der Waals surface area contributed by atoms with Gasteiger partial charge in [-0.05, 0) is 50.6 Å². The molecule has 43 heavy (non-hydrogen) atoms. The van der Waals surface area contributed by atoms with Gasteiger partial charge in [-0.25, -0.2) is 9.59 Å². The van der Waals surface area contributed by atoms with Crippen LogP contribution in [0.15, 0.2) is 90.7 Å². The van der Waals surface area contributed by atoms with Crippen molar-refractivity contribution in [1.82, 2.24) is 0 Å². The molecule has 1 aliphatic rings. The van der Waals surface area contributed by atoms with Crippen LogP contribution in [0.5, 0.6) is 0 Å². The van der Waals surface area contributed by atoms with Gasteiger partial charge in [-0.3, -0.25) is 0 Å². The molecule has 0 spiro atoms. The fraction of sp³-hybridized carbons (Fsp3) is 0.294. The first-order valence-electron chi connectivity index (χ1n) is 13.7. The third-order valence-corrected chi connectivity index (χ3v) is 7.08. The van der Waals surface area contributed by atoms with E-state index in [1.54, 1.807) is 55.5 Å². The molecule has 3 aromatic carbocycles. The van der Waals surface area contributed by atoms with Gasteiger partial charge >= 0.3 is 11.9 Å². The van der Waals surface area contributed by atoms with E-state index in [1.807, 2.05) is 50.2 Å². The Labute approximate surface area is 250 Å². The summed E-state index contributed by atoms with van der Waals surface area (Å²) in [5.74, 6) is -1.22. The van der Waals surface area contributed by atoms with Crippen LogP contribution in [0.1, 0.15) is 44.3 Å². The van der Waals surface area contributed by atoms with Crippen LogP contribution in [-0.2, 0) is 30.3 Å². The molecule has 9 heteroatoms. The standard InChI is InChI=1S/C34H32N2O7/c1-23-9-13-26(14-10-23)32(37)40-22-29-31(43-33(38)27-15-11-24(2)12-16-27)34(3,41-20-25-7-5-4-6-8-25)30(42-29)28(19-36)21-39-18-17-35/h4-16,21,29-31H,18,20,22H2,1-3H3/b28-21+/t29?,30-,31+,34-/m0/s1. The lowest BCUT2D eigenvalue weighted by Crippen LogP contribution is -2.51. The second-order valence-electron chi connectivity index (χ2n) is 10.3. The average Bonchev–Trinajstić information content (AvgIpc) is 3.29. The largest absolute Gasteiger partial charge is 0.485 e. The minimum Gasteiger partial charge on any atom is -0.485 e. The maximum absolute atomic E-state index is 13.4. The van der Waals surface area contributed by atoms with Crippen molar-refractivity contribution in [2.75, 3.05) is 13.2 Å². The van der Waals surface area contributed by atoms with Crippen molar-refractivity contribution in [2.24, 2.45) is 0 Å². The molecule has 1 fully saturated rings. The van der Waals surface area contributed by atoms with E-state index in [0.717, 1.165) is 23.0 Å². The quantitative estimate of drug-likeness (QED) is 0.127. The van der Waals surface area contributed by atoms with Gasteiger partial charge in [0.15, 0.2) is 12.7 Å². The number of hydrogen-bond donors (Lipinski definition) is 0. The third kappa shape index (κ3) is 7.66. The van der Waals surface area contributed by atoms with Crippen molar-refractivity contribution in [3.8, 4) is 12.1 Å². The van der Waals surface area contributed by atoms with Crippen LogP contribution in [0.4, 0.5) is 0 Å². The first kappa shape index (κ1) is 31.0. The van der Waals surface area contributed by atoms with Crippen molar-refractivity contribution in [3.63, 3.8) is 0 Å². The van der Waals surface area contributed by atoms with E-state index >= 15 is 0 Å². The molecule has 0 saturated carbocycles. The summed E-state index contributed by atoms with van der Waals surface area (Å²) in [6.07, 6.45) is -2.09. The highest BCUT2D eigenvalue weighted by molar-refractivity contribution is 5.90. The Morgan fingerprint density at radius 1 is 0.907 bits per heavy atom. The molecule has 4 rings (SSSR count). The van der Waals surface area contributed by atoms with Gasteiger partial charge in [0.05, 0.1) is 23.3 Å². The summed E-state index contributed by atoms with van der Waals surface area (Å²) in [5.41, 5.74) is 2.02. The molecule has 0 bridgehead atoms. The minimum absolute atomic E-state index is 0.00885. The highest BCUT2D eigenvalue weighted by Gasteiger charge is 2.59. The van der Waals surface area contributed by atoms with Gasteiger partial charge in [-0.2, -0.15) is 10.5 Å². The second-order valence-corrected chi connectivity index (χ2v) is 10.3. The smallest absolute Gasteiger partial charge is 0.338 e. The number of aryl methyl sites for hydroxylation is 2. The van der Waals surface area contributed by atoms with Gasteiger partial charge in [0.25, 0.3) is 0 Å². The minimum atomic E-state index is -1.44. The number of hydrogen-bond acceptors (Lipinski definition) is 9. The van der Waals surface area contributed by atoms with Crippen molar-refractivity contribution >= 4 is 11.9 Å². The number of carbonyl (C=O) groups excluding carboxylic acids is 2. The lowest BCUT2D eigenvalue weighted by atomic mass is 9.88. The molecular weight excluding hydrogens is 548 g/mol. The summed E-state index contributed by atoms with van der Waals surface area (Å²) in [5, 5.41) is 19.0. The van der Waals surface area contributed by atoms with E-state index in [-0.39, 0.29) is 25.4 Å². The first-order chi connectivity index (χ1) is 20.7. The maximum atomic E-state index is 13.4. The fourth-order valence-electron chi connectivity index (χ4n) is 4.69. The highest BCUT2D eigenvalue weighted by atomic mass is 16.6. The van der Waals surface area contributed by atoms with E-state index in [1.165, 1.54) is 0 Å². The summed E-state index contributed by atoms with van der Waals surface area (Å²) in [4.78, 5) is 26.3. The molecule has 4 atom stereocenters. The fourth-order valence-corrected chi connectivity index (χ4v) is 4.69. The number of rotatable bonds is 11. The monoisotopic (exact) mass is 580 g/mol. The molecule has 1 aliphatic heterocycles. The summed E-state index contributed by atoms with van der Waals surface area (Å²) in [7, 11) is 0. The van der Waals surface area contributed by atoms with E-state index in [9.17, 15) is 14.9 Å². The summed E-state index contributed by atoms with van der Waals surface area (Å²) < 4.78 is 29.6. The molecule has 1 heterocycles. The highest BCUT2D eigenvalue weighted by Crippen LogP contribution is 2.41. The summed E-state index contributed by atoms with van der Waals surface area (Å²) in [6.45, 7) is 5.00. The average molecular weight is 581 g/mol. The molecule has 0 N–H and O–H groups in total. The zero-order chi connectivity index (χ0) is 30.8. The van der Waals surface area contributed by atoms with Crippen LogP contribution >= 0.6 is 0 Å². The number of ether oxygens (including phenoxy) is 5. The Kier molecular flexibility index (Phi) is 10.3. The third-order valence-electron chi connectivity index (χ3n) is 7.08. The van der Waals surface area contributed by atoms with Gasteiger partial charge in [-0.15, -0.1) is 0 Å². The summed E-state index contributed by atoms with van der Waals surface area (Å²) >= 11 is 0. The number of esters is 2. The van der Waals surface area contributed by atoms with Crippen LogP contribution in [0.25, 0.3) is 0 Å². The van der Waals surface area contributed by atoms with E-state index in [2.05, 4.69) is 6.07 Å². The Bertz CT molecular complexity index is 1520. The van der Waals surface area contributed by atoms with Gasteiger partial charge in [0.2, 0.25) is 0 Å². The molecule has 0 aliphatic carbocycles. The number of nitriles is 2. The molecule has 220 valence electrons. The molecule has 0 aromatic heterocycles. The van der Waals surface area contributed by atoms with Crippen LogP contribution < -0.4 is 0 Å². The Balaban J connectivity index is 1.69. The first-order valence-corrected chi connectivity index (χ1v) is 13.7. The van der Waals surface area contributed by atoms with Gasteiger partial charge < -0.3 is 23.7 Å². The number of nitrogens with zero attached hydrogens (tertiary/aromatic N) is 2. The van der Waals surface area contributed by atoms with Gasteiger partial charge in [0, 0.05) is 0 Å². The normalized spacial score (nSPS) is 21.3. The Morgan fingerprint density at radius 3 is 2.09 bits per heavy atom. The van der Waals surface area contributed by atoms with Crippen LogP contribution in [0, 0.1) is 36.5 Å². The van der Waals surface area contributed by atoms with E-state index < -0.39 is 35.9 Å². The lowest BCUT2D eigenvalue weighted by Gasteiger charge is -2.34.